The van der Waals surface area contributed by atoms with Crippen LogP contribution in [0, 0.1) is 0 Å². The van der Waals surface area contributed by atoms with E-state index >= 15 is 0 Å². The van der Waals surface area contributed by atoms with Gasteiger partial charge in [0.2, 0.25) is 0 Å². The molecule has 0 radical (unpaired) electrons. The molecular weight excluding hydrogens is 266 g/mol. The van der Waals surface area contributed by atoms with Gasteiger partial charge in [0.25, 0.3) is 0 Å². The molecule has 0 amide bonds. The van der Waals surface area contributed by atoms with E-state index in [1.807, 2.05) is 0 Å². The summed E-state index contributed by atoms with van der Waals surface area (Å²) in [6, 6.07) is 6.49. The van der Waals surface area contributed by atoms with Crippen LogP contribution in [0.15, 0.2) is 18.2 Å². The van der Waals surface area contributed by atoms with E-state index in [0.29, 0.717) is 0 Å². The number of nitrogens with one attached hydrogen (secondary N) is 1. The smallest absolute Gasteiger partial charge is 0.142 e. The molecule has 118 valence electrons. The van der Waals surface area contributed by atoms with Gasteiger partial charge in [0.1, 0.15) is 5.75 Å². The Bertz CT molecular complexity index is 432. The quantitative estimate of drug-likeness (QED) is 0.764. The van der Waals surface area contributed by atoms with Gasteiger partial charge in [-0.15, -0.1) is 0 Å². The fraction of sp³-hybridized carbons (Fsp3) is 0.625. The Balaban J connectivity index is 1.99. The Hall–Kier alpha value is -1.30. The van der Waals surface area contributed by atoms with E-state index in [0.717, 1.165) is 51.6 Å². The minimum absolute atomic E-state index is 0.733. The van der Waals surface area contributed by atoms with Gasteiger partial charge in [-0.2, -0.15) is 0 Å². The number of anilines is 1. The summed E-state index contributed by atoms with van der Waals surface area (Å²) in [7, 11) is 5.63. The van der Waals surface area contributed by atoms with E-state index < -0.39 is 0 Å². The maximum absolute atomic E-state index is 5.59. The van der Waals surface area contributed by atoms with Crippen LogP contribution in [0.4, 0.5) is 5.69 Å². The molecule has 0 bridgehead atoms. The summed E-state index contributed by atoms with van der Waals surface area (Å²) in [6.45, 7) is 6.74. The van der Waals surface area contributed by atoms with Crippen molar-refractivity contribution < 1.29 is 9.47 Å². The zero-order valence-electron chi connectivity index (χ0n) is 13.4. The van der Waals surface area contributed by atoms with Crippen LogP contribution < -0.4 is 15.0 Å². The van der Waals surface area contributed by atoms with Crippen LogP contribution in [0.1, 0.15) is 5.56 Å². The van der Waals surface area contributed by atoms with Gasteiger partial charge in [-0.05, 0) is 24.7 Å². The normalized spacial score (nSPS) is 16.2. The molecule has 0 aromatic heterocycles. The molecule has 5 nitrogen and oxygen atoms in total. The zero-order valence-corrected chi connectivity index (χ0v) is 13.4. The summed E-state index contributed by atoms with van der Waals surface area (Å²) in [6.07, 6.45) is 0. The summed E-state index contributed by atoms with van der Waals surface area (Å²) in [5, 5.41) is 3.36. The van der Waals surface area contributed by atoms with E-state index in [1.165, 1.54) is 11.3 Å². The largest absolute Gasteiger partial charge is 0.495 e. The number of nitrogens with zero attached hydrogens (tertiary/aromatic N) is 2. The summed E-state index contributed by atoms with van der Waals surface area (Å²) in [5.74, 6) is 0.964. The Kier molecular flexibility index (Phi) is 6.29. The Morgan fingerprint density at radius 1 is 1.14 bits per heavy atom. The molecule has 1 aromatic rings. The van der Waals surface area contributed by atoms with Crippen LogP contribution in [-0.4, -0.2) is 65.5 Å². The van der Waals surface area contributed by atoms with E-state index in [9.17, 15) is 0 Å². The van der Waals surface area contributed by atoms with Crippen molar-refractivity contribution in [3.05, 3.63) is 23.8 Å². The summed E-state index contributed by atoms with van der Waals surface area (Å²) >= 11 is 0. The van der Waals surface area contributed by atoms with E-state index in [2.05, 4.69) is 40.4 Å². The molecule has 1 N–H and O–H groups in total. The maximum atomic E-state index is 5.59. The van der Waals surface area contributed by atoms with E-state index in [-0.39, 0.29) is 0 Å². The molecule has 2 rings (SSSR count). The van der Waals surface area contributed by atoms with Crippen molar-refractivity contribution in [2.45, 2.75) is 6.54 Å². The number of rotatable bonds is 7. The van der Waals surface area contributed by atoms with Crippen LogP contribution in [0.2, 0.25) is 0 Å². The van der Waals surface area contributed by atoms with Crippen molar-refractivity contribution >= 4 is 5.69 Å². The van der Waals surface area contributed by atoms with Crippen molar-refractivity contribution in [1.29, 1.82) is 0 Å². The van der Waals surface area contributed by atoms with Gasteiger partial charge in [-0.25, -0.2) is 0 Å². The second-order valence-electron chi connectivity index (χ2n) is 5.47. The molecule has 1 aliphatic rings. The molecular formula is C16H27N3O2. The maximum Gasteiger partial charge on any atom is 0.142 e. The molecule has 0 unspecified atom stereocenters. The lowest BCUT2D eigenvalue weighted by atomic mass is 10.1. The number of methoxy groups -OCH3 is 2. The number of benzene rings is 1. The lowest BCUT2D eigenvalue weighted by molar-refractivity contribution is 0.199. The number of likely N-dealkylation sites (N-methyl/N-ethyl adjacent to an activating group) is 1. The lowest BCUT2D eigenvalue weighted by Gasteiger charge is -2.34. The Morgan fingerprint density at radius 2 is 1.90 bits per heavy atom. The summed E-state index contributed by atoms with van der Waals surface area (Å²) < 4.78 is 10.6. The van der Waals surface area contributed by atoms with Crippen LogP contribution in [-0.2, 0) is 11.3 Å². The minimum atomic E-state index is 0.733. The van der Waals surface area contributed by atoms with Gasteiger partial charge in [0.15, 0.2) is 0 Å². The second-order valence-corrected chi connectivity index (χ2v) is 5.47. The van der Waals surface area contributed by atoms with Crippen molar-refractivity contribution in [2.75, 3.05) is 65.5 Å². The number of ether oxygens (including phenoxy) is 2. The third kappa shape index (κ3) is 4.59. The fourth-order valence-electron chi connectivity index (χ4n) is 2.55. The molecule has 21 heavy (non-hydrogen) atoms. The molecule has 5 heteroatoms. The van der Waals surface area contributed by atoms with Crippen molar-refractivity contribution in [1.82, 2.24) is 10.2 Å². The second kappa shape index (κ2) is 8.22. The number of piperazine rings is 1. The van der Waals surface area contributed by atoms with Crippen molar-refractivity contribution in [2.24, 2.45) is 0 Å². The Labute approximate surface area is 127 Å². The monoisotopic (exact) mass is 293 g/mol. The van der Waals surface area contributed by atoms with Gasteiger partial charge in [0, 0.05) is 46.4 Å². The minimum Gasteiger partial charge on any atom is -0.495 e. The fourth-order valence-corrected chi connectivity index (χ4v) is 2.55. The predicted molar refractivity (Wildman–Crippen MR) is 86.3 cm³/mol. The Morgan fingerprint density at radius 3 is 2.57 bits per heavy atom. The molecule has 0 spiro atoms. The van der Waals surface area contributed by atoms with Crippen LogP contribution in [0.25, 0.3) is 0 Å². The predicted octanol–water partition coefficient (Wildman–Crippen LogP) is 1.18. The first-order valence-corrected chi connectivity index (χ1v) is 7.54. The molecule has 0 atom stereocenters. The molecule has 1 aliphatic heterocycles. The first-order valence-electron chi connectivity index (χ1n) is 7.54. The van der Waals surface area contributed by atoms with Crippen LogP contribution in [0.3, 0.4) is 0 Å². The molecule has 1 saturated heterocycles. The SMILES string of the molecule is COCCNCc1ccc(N2CCN(C)CC2)c(OC)c1. The lowest BCUT2D eigenvalue weighted by Crippen LogP contribution is -2.44. The third-order valence-corrected chi connectivity index (χ3v) is 3.90. The van der Waals surface area contributed by atoms with Crippen molar-refractivity contribution in [3.63, 3.8) is 0 Å². The molecule has 1 fully saturated rings. The average molecular weight is 293 g/mol. The molecule has 0 saturated carbocycles. The van der Waals surface area contributed by atoms with E-state index in [1.54, 1.807) is 14.2 Å². The molecule has 0 aliphatic carbocycles. The molecule has 1 heterocycles. The number of hydrogen-bond acceptors (Lipinski definition) is 5. The summed E-state index contributed by atoms with van der Waals surface area (Å²) in [4.78, 5) is 4.76. The van der Waals surface area contributed by atoms with Gasteiger partial charge in [-0.3, -0.25) is 0 Å². The first kappa shape index (κ1) is 16.1. The number of hydrogen-bond donors (Lipinski definition) is 1. The topological polar surface area (TPSA) is 37.0 Å². The highest BCUT2D eigenvalue weighted by atomic mass is 16.5. The highest BCUT2D eigenvalue weighted by Crippen LogP contribution is 2.30. The van der Waals surface area contributed by atoms with Gasteiger partial charge in [-0.1, -0.05) is 6.07 Å². The van der Waals surface area contributed by atoms with Gasteiger partial charge < -0.3 is 24.6 Å². The third-order valence-electron chi connectivity index (χ3n) is 3.90. The zero-order chi connectivity index (χ0) is 15.1. The standard InChI is InChI=1S/C16H27N3O2/c1-18-7-9-19(10-8-18)15-5-4-14(12-16(15)21-3)13-17-6-11-20-2/h4-5,12,17H,6-11,13H2,1-3H3. The van der Waals surface area contributed by atoms with Gasteiger partial charge in [0.05, 0.1) is 19.4 Å². The first-order chi connectivity index (χ1) is 10.2. The average Bonchev–Trinajstić information content (AvgIpc) is 2.52. The molecule has 1 aromatic carbocycles. The van der Waals surface area contributed by atoms with Gasteiger partial charge >= 0.3 is 0 Å². The summed E-state index contributed by atoms with van der Waals surface area (Å²) in [5.41, 5.74) is 2.44. The highest BCUT2D eigenvalue weighted by molar-refractivity contribution is 5.60. The van der Waals surface area contributed by atoms with Crippen LogP contribution >= 0.6 is 0 Å². The highest BCUT2D eigenvalue weighted by Gasteiger charge is 2.17. The van der Waals surface area contributed by atoms with E-state index in [4.69, 9.17) is 9.47 Å². The van der Waals surface area contributed by atoms with Crippen LogP contribution in [0.5, 0.6) is 5.75 Å². The van der Waals surface area contributed by atoms with Crippen molar-refractivity contribution in [3.8, 4) is 5.75 Å².